The Labute approximate surface area is 79.9 Å². The van der Waals surface area contributed by atoms with Crippen molar-refractivity contribution in [2.24, 2.45) is 0 Å². The van der Waals surface area contributed by atoms with Gasteiger partial charge in [0, 0.05) is 18.3 Å². The molecule has 0 spiro atoms. The fraction of sp³-hybridized carbons (Fsp3) is 0.375. The molecule has 2 rings (SSSR count). The Balaban J connectivity index is 2.25. The molecular weight excluding hydrogens is 186 g/mol. The minimum atomic E-state index is -0.600. The van der Waals surface area contributed by atoms with Crippen molar-refractivity contribution in [1.29, 1.82) is 0 Å². The maximum Gasteiger partial charge on any atom is 0.328 e. The van der Waals surface area contributed by atoms with Crippen LogP contribution in [0.1, 0.15) is 5.69 Å². The Morgan fingerprint density at radius 3 is 3.29 bits per heavy atom. The first-order valence-corrected chi connectivity index (χ1v) is 4.12. The highest BCUT2D eigenvalue weighted by Crippen LogP contribution is 2.09. The van der Waals surface area contributed by atoms with Gasteiger partial charge in [-0.25, -0.2) is 14.6 Å². The maximum absolute atomic E-state index is 11.4. The Kier molecular flexibility index (Phi) is 1.95. The number of amides is 1. The third-order valence-electron chi connectivity index (χ3n) is 2.13. The average Bonchev–Trinajstić information content (AvgIpc) is 2.64. The highest BCUT2D eigenvalue weighted by molar-refractivity contribution is 5.86. The van der Waals surface area contributed by atoms with Crippen molar-refractivity contribution in [3.63, 3.8) is 0 Å². The lowest BCUT2D eigenvalue weighted by molar-refractivity contribution is -0.142. The molecule has 0 bridgehead atoms. The summed E-state index contributed by atoms with van der Waals surface area (Å²) in [6.45, 7) is 0. The molecule has 74 valence electrons. The number of hydrogen-bond donors (Lipinski definition) is 1. The molecule has 6 nitrogen and oxygen atoms in total. The van der Waals surface area contributed by atoms with Gasteiger partial charge in [0.05, 0.1) is 7.11 Å². The van der Waals surface area contributed by atoms with Crippen LogP contribution in [0.5, 0.6) is 0 Å². The van der Waals surface area contributed by atoms with Gasteiger partial charge in [0.2, 0.25) is 0 Å². The summed E-state index contributed by atoms with van der Waals surface area (Å²) in [6, 6.07) is -0.948. The molecule has 0 saturated heterocycles. The number of imidazole rings is 1. The van der Waals surface area contributed by atoms with E-state index < -0.39 is 12.0 Å². The topological polar surface area (TPSA) is 73.2 Å². The highest BCUT2D eigenvalue weighted by Gasteiger charge is 2.29. The van der Waals surface area contributed by atoms with Gasteiger partial charge in [-0.15, -0.1) is 0 Å². The van der Waals surface area contributed by atoms with Crippen LogP contribution in [-0.2, 0) is 16.0 Å². The molecule has 1 aromatic rings. The molecule has 0 fully saturated rings. The lowest BCUT2D eigenvalue weighted by Gasteiger charge is -2.22. The van der Waals surface area contributed by atoms with Crippen molar-refractivity contribution < 1.29 is 14.3 Å². The summed E-state index contributed by atoms with van der Waals surface area (Å²) in [5.41, 5.74) is 0.712. The molecule has 0 unspecified atom stereocenters. The van der Waals surface area contributed by atoms with Gasteiger partial charge in [0.15, 0.2) is 0 Å². The fourth-order valence-corrected chi connectivity index (χ4v) is 1.42. The van der Waals surface area contributed by atoms with E-state index in [2.05, 4.69) is 15.0 Å². The van der Waals surface area contributed by atoms with Gasteiger partial charge >= 0.3 is 12.0 Å². The zero-order valence-electron chi connectivity index (χ0n) is 7.56. The zero-order chi connectivity index (χ0) is 10.1. The van der Waals surface area contributed by atoms with Gasteiger partial charge in [-0.3, -0.25) is 4.57 Å². The van der Waals surface area contributed by atoms with E-state index in [9.17, 15) is 9.59 Å². The molecular formula is C8H9N3O3. The summed E-state index contributed by atoms with van der Waals surface area (Å²) in [7, 11) is 1.29. The van der Waals surface area contributed by atoms with E-state index in [-0.39, 0.29) is 6.03 Å². The van der Waals surface area contributed by atoms with Gasteiger partial charge in [-0.1, -0.05) is 0 Å². The van der Waals surface area contributed by atoms with E-state index in [1.165, 1.54) is 18.0 Å². The number of carbonyl (C=O) groups excluding carboxylic acids is 2. The summed E-state index contributed by atoms with van der Waals surface area (Å²) in [5, 5.41) is 2.52. The second kappa shape index (κ2) is 3.13. The first kappa shape index (κ1) is 8.74. The van der Waals surface area contributed by atoms with Crippen LogP contribution in [0.4, 0.5) is 4.79 Å². The van der Waals surface area contributed by atoms with E-state index >= 15 is 0 Å². The highest BCUT2D eigenvalue weighted by atomic mass is 16.5. The SMILES string of the molecule is COC(=O)[C@@H]1Cc2cncn2C(=O)N1. The van der Waals surface area contributed by atoms with Crippen molar-refractivity contribution >= 4 is 12.0 Å². The minimum Gasteiger partial charge on any atom is -0.467 e. The molecule has 0 aliphatic carbocycles. The average molecular weight is 195 g/mol. The summed E-state index contributed by atoms with van der Waals surface area (Å²) in [5.74, 6) is -0.439. The molecule has 1 aliphatic rings. The van der Waals surface area contributed by atoms with Crippen LogP contribution in [0.2, 0.25) is 0 Å². The van der Waals surface area contributed by atoms with Crippen LogP contribution >= 0.6 is 0 Å². The largest absolute Gasteiger partial charge is 0.467 e. The van der Waals surface area contributed by atoms with Gasteiger partial charge < -0.3 is 10.1 Å². The molecule has 2 heterocycles. The predicted molar refractivity (Wildman–Crippen MR) is 45.7 cm³/mol. The van der Waals surface area contributed by atoms with Crippen molar-refractivity contribution in [2.75, 3.05) is 7.11 Å². The number of hydrogen-bond acceptors (Lipinski definition) is 4. The normalized spacial score (nSPS) is 19.8. The number of fused-ring (bicyclic) bond motifs is 1. The van der Waals surface area contributed by atoms with Crippen molar-refractivity contribution in [3.8, 4) is 0 Å². The molecule has 6 heteroatoms. The lowest BCUT2D eigenvalue weighted by atomic mass is 10.1. The van der Waals surface area contributed by atoms with Crippen LogP contribution in [-0.4, -0.2) is 34.7 Å². The van der Waals surface area contributed by atoms with E-state index in [0.717, 1.165) is 0 Å². The van der Waals surface area contributed by atoms with Crippen molar-refractivity contribution in [3.05, 3.63) is 18.2 Å². The number of methoxy groups -OCH3 is 1. The van der Waals surface area contributed by atoms with Crippen LogP contribution in [0.3, 0.4) is 0 Å². The number of rotatable bonds is 1. The van der Waals surface area contributed by atoms with Crippen LogP contribution in [0.25, 0.3) is 0 Å². The molecule has 0 saturated carbocycles. The number of carbonyl (C=O) groups is 2. The van der Waals surface area contributed by atoms with E-state index in [1.54, 1.807) is 6.20 Å². The molecule has 1 aromatic heterocycles. The van der Waals surface area contributed by atoms with E-state index in [4.69, 9.17) is 0 Å². The van der Waals surface area contributed by atoms with Crippen molar-refractivity contribution in [2.45, 2.75) is 12.5 Å². The molecule has 1 atom stereocenters. The number of esters is 1. The molecule has 1 aliphatic heterocycles. The van der Waals surface area contributed by atoms with Crippen LogP contribution < -0.4 is 5.32 Å². The Morgan fingerprint density at radius 2 is 2.57 bits per heavy atom. The van der Waals surface area contributed by atoms with Crippen LogP contribution in [0.15, 0.2) is 12.5 Å². The monoisotopic (exact) mass is 195 g/mol. The second-order valence-electron chi connectivity index (χ2n) is 2.98. The predicted octanol–water partition coefficient (Wildman–Crippen LogP) is -0.461. The first-order valence-electron chi connectivity index (χ1n) is 4.12. The Bertz CT molecular complexity index is 385. The van der Waals surface area contributed by atoms with Crippen molar-refractivity contribution in [1.82, 2.24) is 14.9 Å². The quantitative estimate of drug-likeness (QED) is 0.615. The summed E-state index contributed by atoms with van der Waals surface area (Å²) >= 11 is 0. The smallest absolute Gasteiger partial charge is 0.328 e. The van der Waals surface area contributed by atoms with Gasteiger partial charge in [0.25, 0.3) is 0 Å². The maximum atomic E-state index is 11.4. The van der Waals surface area contributed by atoms with Gasteiger partial charge in [-0.2, -0.15) is 0 Å². The minimum absolute atomic E-state index is 0.348. The lowest BCUT2D eigenvalue weighted by Crippen LogP contribution is -2.49. The molecule has 14 heavy (non-hydrogen) atoms. The number of nitrogens with zero attached hydrogens (tertiary/aromatic N) is 2. The third-order valence-corrected chi connectivity index (χ3v) is 2.13. The standard InChI is InChI=1S/C8H9N3O3/c1-14-7(12)6-2-5-3-9-4-11(5)8(13)10-6/h3-4,6H,2H2,1H3,(H,10,13)/t6-/m0/s1. The van der Waals surface area contributed by atoms with Crippen LogP contribution in [0, 0.1) is 0 Å². The zero-order valence-corrected chi connectivity index (χ0v) is 7.56. The first-order chi connectivity index (χ1) is 6.72. The molecule has 0 radical (unpaired) electrons. The van der Waals surface area contributed by atoms with Gasteiger partial charge in [-0.05, 0) is 0 Å². The number of aromatic nitrogens is 2. The second-order valence-corrected chi connectivity index (χ2v) is 2.98. The van der Waals surface area contributed by atoms with E-state index in [0.29, 0.717) is 12.1 Å². The third kappa shape index (κ3) is 1.24. The van der Waals surface area contributed by atoms with E-state index in [1.807, 2.05) is 0 Å². The molecule has 1 N–H and O–H groups in total. The Morgan fingerprint density at radius 1 is 1.79 bits per heavy atom. The molecule has 0 aromatic carbocycles. The summed E-state index contributed by atoms with van der Waals surface area (Å²) in [6.07, 6.45) is 3.39. The summed E-state index contributed by atoms with van der Waals surface area (Å²) < 4.78 is 5.92. The number of nitrogens with one attached hydrogen (secondary N) is 1. The molecule has 1 amide bonds. The fourth-order valence-electron chi connectivity index (χ4n) is 1.42. The van der Waals surface area contributed by atoms with Gasteiger partial charge in [0.1, 0.15) is 12.4 Å². The number of ether oxygens (including phenoxy) is 1. The summed E-state index contributed by atoms with van der Waals surface area (Å²) in [4.78, 5) is 26.4. The Hall–Kier alpha value is -1.85.